The van der Waals surface area contributed by atoms with Crippen LogP contribution < -0.4 is 0 Å². The van der Waals surface area contributed by atoms with E-state index in [0.29, 0.717) is 37.1 Å². The number of aryl methyl sites for hydroxylation is 1. The summed E-state index contributed by atoms with van der Waals surface area (Å²) in [6.07, 6.45) is 6.05. The van der Waals surface area contributed by atoms with Crippen LogP contribution in [0.5, 0.6) is 0 Å². The standard InChI is InChI=1S/C21H28FN3O2/c1-15(2)21-23-19(27-24-21)11-12-20(26)25(18-5-3-4-6-18)14-13-16-7-9-17(22)10-8-16/h7-10,15,18H,3-6,11-14H2,1-2H3. The minimum Gasteiger partial charge on any atom is -0.339 e. The summed E-state index contributed by atoms with van der Waals surface area (Å²) in [5.41, 5.74) is 1.05. The second-order valence-corrected chi connectivity index (χ2v) is 7.60. The molecule has 0 saturated heterocycles. The molecular formula is C21H28FN3O2. The molecule has 1 aliphatic carbocycles. The molecule has 1 aromatic heterocycles. The number of carbonyl (C=O) groups is 1. The van der Waals surface area contributed by atoms with Crippen LogP contribution in [0, 0.1) is 5.82 Å². The van der Waals surface area contributed by atoms with Gasteiger partial charge < -0.3 is 9.42 Å². The van der Waals surface area contributed by atoms with Gasteiger partial charge in [-0.15, -0.1) is 0 Å². The van der Waals surface area contributed by atoms with Gasteiger partial charge in [0.25, 0.3) is 0 Å². The Labute approximate surface area is 159 Å². The first-order valence-electron chi connectivity index (χ1n) is 9.89. The zero-order valence-corrected chi connectivity index (χ0v) is 16.2. The van der Waals surface area contributed by atoms with E-state index < -0.39 is 0 Å². The van der Waals surface area contributed by atoms with E-state index in [2.05, 4.69) is 10.1 Å². The Morgan fingerprint density at radius 3 is 2.56 bits per heavy atom. The van der Waals surface area contributed by atoms with Crippen molar-refractivity contribution in [1.82, 2.24) is 15.0 Å². The number of rotatable bonds is 8. The fourth-order valence-corrected chi connectivity index (χ4v) is 3.59. The largest absolute Gasteiger partial charge is 0.339 e. The van der Waals surface area contributed by atoms with Crippen LogP contribution in [-0.2, 0) is 17.6 Å². The molecule has 1 amide bonds. The molecule has 1 aliphatic rings. The molecule has 1 saturated carbocycles. The van der Waals surface area contributed by atoms with Crippen LogP contribution in [0.25, 0.3) is 0 Å². The summed E-state index contributed by atoms with van der Waals surface area (Å²) >= 11 is 0. The Morgan fingerprint density at radius 1 is 1.22 bits per heavy atom. The molecule has 0 aliphatic heterocycles. The molecule has 0 bridgehead atoms. The first-order valence-corrected chi connectivity index (χ1v) is 9.89. The smallest absolute Gasteiger partial charge is 0.227 e. The summed E-state index contributed by atoms with van der Waals surface area (Å²) in [4.78, 5) is 19.3. The molecule has 1 heterocycles. The predicted octanol–water partition coefficient (Wildman–Crippen LogP) is 4.28. The van der Waals surface area contributed by atoms with Crippen molar-refractivity contribution in [3.63, 3.8) is 0 Å². The fraction of sp³-hybridized carbons (Fsp3) is 0.571. The highest BCUT2D eigenvalue weighted by Gasteiger charge is 2.26. The third-order valence-corrected chi connectivity index (χ3v) is 5.19. The topological polar surface area (TPSA) is 59.2 Å². The molecular weight excluding hydrogens is 345 g/mol. The summed E-state index contributed by atoms with van der Waals surface area (Å²) < 4.78 is 18.3. The Morgan fingerprint density at radius 2 is 1.93 bits per heavy atom. The normalized spacial score (nSPS) is 14.8. The number of hydrogen-bond acceptors (Lipinski definition) is 4. The van der Waals surface area contributed by atoms with E-state index in [4.69, 9.17) is 4.52 Å². The first kappa shape index (κ1) is 19.5. The fourth-order valence-electron chi connectivity index (χ4n) is 3.59. The molecule has 6 heteroatoms. The van der Waals surface area contributed by atoms with Gasteiger partial charge in [0.15, 0.2) is 5.82 Å². The number of halogens is 1. The molecule has 146 valence electrons. The van der Waals surface area contributed by atoms with Gasteiger partial charge in [-0.1, -0.05) is 44.0 Å². The maximum atomic E-state index is 13.1. The van der Waals surface area contributed by atoms with E-state index in [1.54, 1.807) is 12.1 Å². The second-order valence-electron chi connectivity index (χ2n) is 7.60. The monoisotopic (exact) mass is 373 g/mol. The van der Waals surface area contributed by atoms with E-state index in [1.165, 1.54) is 25.0 Å². The van der Waals surface area contributed by atoms with Crippen LogP contribution in [-0.4, -0.2) is 33.5 Å². The number of benzene rings is 1. The van der Waals surface area contributed by atoms with Gasteiger partial charge in [-0.05, 0) is 37.0 Å². The van der Waals surface area contributed by atoms with Crippen molar-refractivity contribution in [1.29, 1.82) is 0 Å². The molecule has 1 fully saturated rings. The first-order chi connectivity index (χ1) is 13.0. The average Bonchev–Trinajstić information content (AvgIpc) is 3.34. The molecule has 0 radical (unpaired) electrons. The van der Waals surface area contributed by atoms with Gasteiger partial charge in [0.05, 0.1) is 0 Å². The Bertz CT molecular complexity index is 736. The van der Waals surface area contributed by atoms with Gasteiger partial charge in [0.1, 0.15) is 5.82 Å². The minimum atomic E-state index is -0.234. The summed E-state index contributed by atoms with van der Waals surface area (Å²) in [5, 5.41) is 3.96. The van der Waals surface area contributed by atoms with Crippen molar-refractivity contribution in [2.75, 3.05) is 6.54 Å². The zero-order chi connectivity index (χ0) is 19.2. The van der Waals surface area contributed by atoms with E-state index in [-0.39, 0.29) is 17.6 Å². The minimum absolute atomic E-state index is 0.133. The lowest BCUT2D eigenvalue weighted by atomic mass is 10.1. The zero-order valence-electron chi connectivity index (χ0n) is 16.2. The SMILES string of the molecule is CC(C)c1noc(CCC(=O)N(CCc2ccc(F)cc2)C2CCCC2)n1. The average molecular weight is 373 g/mol. The van der Waals surface area contributed by atoms with Gasteiger partial charge in [-0.25, -0.2) is 4.39 Å². The maximum absolute atomic E-state index is 13.1. The van der Waals surface area contributed by atoms with Crippen molar-refractivity contribution >= 4 is 5.91 Å². The van der Waals surface area contributed by atoms with Crippen LogP contribution in [0.4, 0.5) is 4.39 Å². The van der Waals surface area contributed by atoms with Crippen molar-refractivity contribution < 1.29 is 13.7 Å². The molecule has 0 atom stereocenters. The highest BCUT2D eigenvalue weighted by molar-refractivity contribution is 5.76. The van der Waals surface area contributed by atoms with Crippen LogP contribution in [0.1, 0.15) is 69.1 Å². The van der Waals surface area contributed by atoms with E-state index in [1.807, 2.05) is 18.7 Å². The summed E-state index contributed by atoms with van der Waals surface area (Å²) in [6.45, 7) is 4.68. The summed E-state index contributed by atoms with van der Waals surface area (Å²) in [5.74, 6) is 1.32. The number of aromatic nitrogens is 2. The predicted molar refractivity (Wildman–Crippen MR) is 101 cm³/mol. The Hall–Kier alpha value is -2.24. The van der Waals surface area contributed by atoms with Crippen molar-refractivity contribution in [2.24, 2.45) is 0 Å². The Balaban J connectivity index is 1.59. The molecule has 27 heavy (non-hydrogen) atoms. The Kier molecular flexibility index (Phi) is 6.58. The van der Waals surface area contributed by atoms with Gasteiger partial charge in [0, 0.05) is 31.3 Å². The summed E-state index contributed by atoms with van der Waals surface area (Å²) in [7, 11) is 0. The third kappa shape index (κ3) is 5.37. The highest BCUT2D eigenvalue weighted by Crippen LogP contribution is 2.25. The number of carbonyl (C=O) groups excluding carboxylic acids is 1. The van der Waals surface area contributed by atoms with E-state index >= 15 is 0 Å². The van der Waals surface area contributed by atoms with Crippen LogP contribution in [0.3, 0.4) is 0 Å². The van der Waals surface area contributed by atoms with Gasteiger partial charge >= 0.3 is 0 Å². The van der Waals surface area contributed by atoms with Crippen LogP contribution >= 0.6 is 0 Å². The van der Waals surface area contributed by atoms with Gasteiger partial charge in [-0.3, -0.25) is 4.79 Å². The van der Waals surface area contributed by atoms with Crippen molar-refractivity contribution in [2.45, 2.75) is 70.8 Å². The van der Waals surface area contributed by atoms with Gasteiger partial charge in [-0.2, -0.15) is 4.98 Å². The molecule has 1 aromatic carbocycles. The summed E-state index contributed by atoms with van der Waals surface area (Å²) in [6, 6.07) is 6.83. The lowest BCUT2D eigenvalue weighted by Crippen LogP contribution is -2.40. The number of nitrogens with zero attached hydrogens (tertiary/aromatic N) is 3. The van der Waals surface area contributed by atoms with Gasteiger partial charge in [0.2, 0.25) is 11.8 Å². The number of hydrogen-bond donors (Lipinski definition) is 0. The molecule has 0 spiro atoms. The van der Waals surface area contributed by atoms with E-state index in [0.717, 1.165) is 24.8 Å². The third-order valence-electron chi connectivity index (χ3n) is 5.19. The highest BCUT2D eigenvalue weighted by atomic mass is 19.1. The molecule has 0 unspecified atom stereocenters. The van der Waals surface area contributed by atoms with Crippen LogP contribution in [0.15, 0.2) is 28.8 Å². The lowest BCUT2D eigenvalue weighted by molar-refractivity contribution is -0.133. The van der Waals surface area contributed by atoms with Crippen molar-refractivity contribution in [3.05, 3.63) is 47.4 Å². The van der Waals surface area contributed by atoms with Crippen LogP contribution in [0.2, 0.25) is 0 Å². The lowest BCUT2D eigenvalue weighted by Gasteiger charge is -2.29. The maximum Gasteiger partial charge on any atom is 0.227 e. The second kappa shape index (κ2) is 9.11. The van der Waals surface area contributed by atoms with Crippen molar-refractivity contribution in [3.8, 4) is 0 Å². The molecule has 5 nitrogen and oxygen atoms in total. The molecule has 2 aromatic rings. The van der Waals surface area contributed by atoms with E-state index in [9.17, 15) is 9.18 Å². The number of amides is 1. The molecule has 3 rings (SSSR count). The quantitative estimate of drug-likeness (QED) is 0.693. The molecule has 0 N–H and O–H groups in total.